The van der Waals surface area contributed by atoms with Crippen LogP contribution >= 0.6 is 0 Å². The van der Waals surface area contributed by atoms with Crippen LogP contribution in [0.2, 0.25) is 0 Å². The summed E-state index contributed by atoms with van der Waals surface area (Å²) < 4.78 is 22.8. The largest absolute Gasteiger partial charge is 0.326 e. The van der Waals surface area contributed by atoms with Crippen molar-refractivity contribution in [3.8, 4) is 0 Å². The normalized spacial score (nSPS) is 13.1. The minimum absolute atomic E-state index is 0.293. The van der Waals surface area contributed by atoms with Crippen LogP contribution in [0.4, 0.5) is 5.69 Å². The SMILES string of the molecule is CC(C(=O)N(C)c1ccccc1CN)S(C)(=O)=O. The van der Waals surface area contributed by atoms with Crippen LogP contribution in [-0.4, -0.2) is 32.9 Å². The molecule has 1 aromatic rings. The lowest BCUT2D eigenvalue weighted by molar-refractivity contribution is -0.117. The summed E-state index contributed by atoms with van der Waals surface area (Å²) in [7, 11) is -1.84. The molecule has 1 atom stereocenters. The predicted molar refractivity (Wildman–Crippen MR) is 72.0 cm³/mol. The minimum Gasteiger partial charge on any atom is -0.326 e. The second-order valence-corrected chi connectivity index (χ2v) is 6.57. The molecule has 0 aliphatic rings. The molecule has 0 saturated carbocycles. The van der Waals surface area contributed by atoms with Crippen molar-refractivity contribution in [2.75, 3.05) is 18.2 Å². The number of para-hydroxylation sites is 1. The molecule has 1 unspecified atom stereocenters. The quantitative estimate of drug-likeness (QED) is 0.866. The molecular formula is C12H18N2O3S. The lowest BCUT2D eigenvalue weighted by Crippen LogP contribution is -2.39. The maximum absolute atomic E-state index is 12.1. The molecule has 0 saturated heterocycles. The Morgan fingerprint density at radius 2 is 1.94 bits per heavy atom. The molecule has 0 aromatic heterocycles. The lowest BCUT2D eigenvalue weighted by Gasteiger charge is -2.22. The minimum atomic E-state index is -3.40. The van der Waals surface area contributed by atoms with Crippen LogP contribution in [-0.2, 0) is 21.2 Å². The van der Waals surface area contributed by atoms with E-state index in [4.69, 9.17) is 5.73 Å². The smallest absolute Gasteiger partial charge is 0.244 e. The van der Waals surface area contributed by atoms with E-state index in [2.05, 4.69) is 0 Å². The third-order valence-electron chi connectivity index (χ3n) is 2.89. The van der Waals surface area contributed by atoms with Crippen LogP contribution in [0.25, 0.3) is 0 Å². The van der Waals surface area contributed by atoms with Gasteiger partial charge in [-0.2, -0.15) is 0 Å². The molecule has 100 valence electrons. The van der Waals surface area contributed by atoms with E-state index in [9.17, 15) is 13.2 Å². The molecule has 1 rings (SSSR count). The van der Waals surface area contributed by atoms with Crippen LogP contribution in [0.1, 0.15) is 12.5 Å². The molecule has 0 fully saturated rings. The van der Waals surface area contributed by atoms with Crippen molar-refractivity contribution in [3.05, 3.63) is 29.8 Å². The Balaban J connectivity index is 3.08. The summed E-state index contributed by atoms with van der Waals surface area (Å²) in [5, 5.41) is -1.06. The number of hydrogen-bond acceptors (Lipinski definition) is 4. The maximum Gasteiger partial charge on any atom is 0.244 e. The van der Waals surface area contributed by atoms with Crippen LogP contribution in [0.5, 0.6) is 0 Å². The average molecular weight is 270 g/mol. The van der Waals surface area contributed by atoms with E-state index in [1.54, 1.807) is 19.2 Å². The number of amides is 1. The first-order valence-corrected chi connectivity index (χ1v) is 7.49. The van der Waals surface area contributed by atoms with E-state index in [-0.39, 0.29) is 0 Å². The van der Waals surface area contributed by atoms with Crippen LogP contribution in [0.15, 0.2) is 24.3 Å². The topological polar surface area (TPSA) is 80.5 Å². The van der Waals surface area contributed by atoms with Gasteiger partial charge < -0.3 is 10.6 Å². The number of carbonyl (C=O) groups is 1. The van der Waals surface area contributed by atoms with Crippen LogP contribution in [0, 0.1) is 0 Å². The van der Waals surface area contributed by atoms with Crippen molar-refractivity contribution >= 4 is 21.4 Å². The first-order valence-electron chi connectivity index (χ1n) is 5.53. The van der Waals surface area contributed by atoms with Crippen LogP contribution in [0.3, 0.4) is 0 Å². The molecule has 6 heteroatoms. The molecular weight excluding hydrogens is 252 g/mol. The van der Waals surface area contributed by atoms with Gasteiger partial charge in [0.15, 0.2) is 9.84 Å². The third-order valence-corrected chi connectivity index (χ3v) is 4.38. The highest BCUT2D eigenvalue weighted by atomic mass is 32.2. The Bertz CT molecular complexity index is 540. The van der Waals surface area contributed by atoms with Gasteiger partial charge in [0, 0.05) is 25.5 Å². The molecule has 0 aliphatic carbocycles. The third kappa shape index (κ3) is 3.08. The van der Waals surface area contributed by atoms with E-state index in [1.165, 1.54) is 11.8 Å². The first kappa shape index (κ1) is 14.7. The fourth-order valence-electron chi connectivity index (χ4n) is 1.59. The van der Waals surface area contributed by atoms with E-state index >= 15 is 0 Å². The van der Waals surface area contributed by atoms with Gasteiger partial charge in [0.25, 0.3) is 0 Å². The number of nitrogens with zero attached hydrogens (tertiary/aromatic N) is 1. The molecule has 1 amide bonds. The summed E-state index contributed by atoms with van der Waals surface area (Å²) in [5.74, 6) is -0.460. The summed E-state index contributed by atoms with van der Waals surface area (Å²) in [6.07, 6.45) is 1.05. The monoisotopic (exact) mass is 270 g/mol. The maximum atomic E-state index is 12.1. The van der Waals surface area contributed by atoms with Crippen molar-refractivity contribution in [2.24, 2.45) is 5.73 Å². The standard InChI is InChI=1S/C12H18N2O3S/c1-9(18(3,16)17)12(15)14(2)11-7-5-4-6-10(11)8-13/h4-7,9H,8,13H2,1-3H3. The number of sulfone groups is 1. The van der Waals surface area contributed by atoms with Gasteiger partial charge in [-0.25, -0.2) is 8.42 Å². The first-order chi connectivity index (χ1) is 8.29. The molecule has 0 heterocycles. The van der Waals surface area contributed by atoms with Crippen molar-refractivity contribution in [1.82, 2.24) is 0 Å². The molecule has 5 nitrogen and oxygen atoms in total. The van der Waals surface area contributed by atoms with Gasteiger partial charge >= 0.3 is 0 Å². The number of nitrogens with two attached hydrogens (primary N) is 1. The average Bonchev–Trinajstić information content (AvgIpc) is 2.34. The fourth-order valence-corrected chi connectivity index (χ4v) is 2.11. The molecule has 0 spiro atoms. The highest BCUT2D eigenvalue weighted by molar-refractivity contribution is 7.92. The second kappa shape index (κ2) is 5.49. The fraction of sp³-hybridized carbons (Fsp3) is 0.417. The molecule has 2 N–H and O–H groups in total. The molecule has 0 radical (unpaired) electrons. The van der Waals surface area contributed by atoms with Gasteiger partial charge in [0.1, 0.15) is 5.25 Å². The number of rotatable bonds is 4. The summed E-state index contributed by atoms with van der Waals surface area (Å²) in [4.78, 5) is 13.4. The van der Waals surface area contributed by atoms with Crippen molar-refractivity contribution in [3.63, 3.8) is 0 Å². The number of anilines is 1. The Kier molecular flexibility index (Phi) is 4.48. The Labute approximate surface area is 108 Å². The zero-order valence-corrected chi connectivity index (χ0v) is 11.6. The summed E-state index contributed by atoms with van der Waals surface area (Å²) >= 11 is 0. The Hall–Kier alpha value is -1.40. The highest BCUT2D eigenvalue weighted by Gasteiger charge is 2.27. The molecule has 1 aromatic carbocycles. The van der Waals surface area contributed by atoms with Crippen molar-refractivity contribution in [2.45, 2.75) is 18.7 Å². The van der Waals surface area contributed by atoms with Gasteiger partial charge in [0.2, 0.25) is 5.91 Å². The zero-order chi connectivity index (χ0) is 13.9. The predicted octanol–water partition coefficient (Wildman–Crippen LogP) is 0.541. The second-order valence-electron chi connectivity index (χ2n) is 4.20. The van der Waals surface area contributed by atoms with E-state index in [0.717, 1.165) is 11.8 Å². The summed E-state index contributed by atoms with van der Waals surface area (Å²) in [6.45, 7) is 1.68. The molecule has 18 heavy (non-hydrogen) atoms. The zero-order valence-electron chi connectivity index (χ0n) is 10.8. The Morgan fingerprint density at radius 1 is 1.39 bits per heavy atom. The van der Waals surface area contributed by atoms with Crippen molar-refractivity contribution in [1.29, 1.82) is 0 Å². The highest BCUT2D eigenvalue weighted by Crippen LogP contribution is 2.20. The number of benzene rings is 1. The number of hydrogen-bond donors (Lipinski definition) is 1. The van der Waals surface area contributed by atoms with Crippen molar-refractivity contribution < 1.29 is 13.2 Å². The van der Waals surface area contributed by atoms with E-state index in [0.29, 0.717) is 12.2 Å². The molecule has 0 aliphatic heterocycles. The van der Waals surface area contributed by atoms with Gasteiger partial charge in [-0.15, -0.1) is 0 Å². The van der Waals surface area contributed by atoms with Gasteiger partial charge in [0.05, 0.1) is 0 Å². The summed E-state index contributed by atoms with van der Waals surface area (Å²) in [5.41, 5.74) is 7.03. The molecule has 0 bridgehead atoms. The van der Waals surface area contributed by atoms with E-state index in [1.807, 2.05) is 12.1 Å². The van der Waals surface area contributed by atoms with Gasteiger partial charge in [-0.3, -0.25) is 4.79 Å². The van der Waals surface area contributed by atoms with E-state index < -0.39 is 21.0 Å². The lowest BCUT2D eigenvalue weighted by atomic mass is 10.1. The van der Waals surface area contributed by atoms with Crippen LogP contribution < -0.4 is 10.6 Å². The number of carbonyl (C=O) groups excluding carboxylic acids is 1. The summed E-state index contributed by atoms with van der Waals surface area (Å²) in [6, 6.07) is 7.16. The van der Waals surface area contributed by atoms with Gasteiger partial charge in [-0.05, 0) is 18.6 Å². The van der Waals surface area contributed by atoms with Gasteiger partial charge in [-0.1, -0.05) is 18.2 Å². The Morgan fingerprint density at radius 3 is 2.44 bits per heavy atom.